The maximum absolute atomic E-state index is 12.8. The minimum absolute atomic E-state index is 0.0209. The first-order valence-corrected chi connectivity index (χ1v) is 6.42. The molecule has 0 radical (unpaired) electrons. The van der Waals surface area contributed by atoms with Gasteiger partial charge in [-0.3, -0.25) is 0 Å². The summed E-state index contributed by atoms with van der Waals surface area (Å²) in [6, 6.07) is 1.02. The summed E-state index contributed by atoms with van der Waals surface area (Å²) < 4.78 is 43.4. The molecule has 8 heteroatoms. The third-order valence-corrected chi connectivity index (χ3v) is 3.13. The number of ether oxygens (including phenoxy) is 1. The molecule has 0 saturated heterocycles. The van der Waals surface area contributed by atoms with Crippen LogP contribution >= 0.6 is 0 Å². The Kier molecular flexibility index (Phi) is 4.32. The number of hydrogen-bond donors (Lipinski definition) is 2. The second-order valence-electron chi connectivity index (χ2n) is 4.66. The van der Waals surface area contributed by atoms with E-state index in [0.29, 0.717) is 6.54 Å². The van der Waals surface area contributed by atoms with E-state index in [4.69, 9.17) is 4.74 Å². The van der Waals surface area contributed by atoms with Gasteiger partial charge in [-0.05, 0) is 19.8 Å². The van der Waals surface area contributed by atoms with Crippen LogP contribution in [0, 0.1) is 0 Å². The van der Waals surface area contributed by atoms with Crippen molar-refractivity contribution >= 4 is 11.8 Å². The first-order valence-electron chi connectivity index (χ1n) is 6.42. The van der Waals surface area contributed by atoms with Crippen LogP contribution in [0.1, 0.15) is 25.5 Å². The molecule has 1 aliphatic rings. The third kappa shape index (κ3) is 3.50. The molecule has 1 heterocycles. The molecule has 0 atom stereocenters. The first-order chi connectivity index (χ1) is 9.42. The maximum atomic E-state index is 12.8. The molecule has 2 rings (SSSR count). The summed E-state index contributed by atoms with van der Waals surface area (Å²) in [6.45, 7) is 2.22. The predicted octanol–water partition coefficient (Wildman–Crippen LogP) is 2.52. The van der Waals surface area contributed by atoms with Crippen LogP contribution in [0.2, 0.25) is 0 Å². The van der Waals surface area contributed by atoms with E-state index in [1.54, 1.807) is 14.0 Å². The van der Waals surface area contributed by atoms with Gasteiger partial charge in [-0.2, -0.15) is 18.2 Å². The lowest BCUT2D eigenvalue weighted by Gasteiger charge is -2.35. The standard InChI is InChI=1S/C12H17F3N4O/c1-3-16-11-18-9(12(13,14)15)6-10(19-11)17-7-4-8(5-7)20-2/h6-8H,3-5H2,1-2H3,(H2,16,17,18,19). The number of methoxy groups -OCH3 is 1. The van der Waals surface area contributed by atoms with Crippen molar-refractivity contribution in [1.29, 1.82) is 0 Å². The van der Waals surface area contributed by atoms with Crippen LogP contribution in [0.3, 0.4) is 0 Å². The Morgan fingerprint density at radius 3 is 2.60 bits per heavy atom. The van der Waals surface area contributed by atoms with Crippen molar-refractivity contribution in [3.8, 4) is 0 Å². The van der Waals surface area contributed by atoms with Gasteiger partial charge in [0, 0.05) is 25.8 Å². The summed E-state index contributed by atoms with van der Waals surface area (Å²) in [5, 5.41) is 5.69. The van der Waals surface area contributed by atoms with E-state index in [0.717, 1.165) is 18.9 Å². The van der Waals surface area contributed by atoms with Gasteiger partial charge in [0.05, 0.1) is 6.10 Å². The fourth-order valence-corrected chi connectivity index (χ4v) is 1.99. The zero-order valence-electron chi connectivity index (χ0n) is 11.3. The van der Waals surface area contributed by atoms with Crippen molar-refractivity contribution in [3.05, 3.63) is 11.8 Å². The number of nitrogens with zero attached hydrogens (tertiary/aromatic N) is 2. The largest absolute Gasteiger partial charge is 0.433 e. The van der Waals surface area contributed by atoms with E-state index in [1.807, 2.05) is 0 Å². The number of aromatic nitrogens is 2. The van der Waals surface area contributed by atoms with Gasteiger partial charge < -0.3 is 15.4 Å². The second kappa shape index (κ2) is 5.82. The van der Waals surface area contributed by atoms with Crippen LogP contribution in [-0.2, 0) is 10.9 Å². The highest BCUT2D eigenvalue weighted by molar-refractivity contribution is 5.44. The molecule has 0 amide bonds. The molecular weight excluding hydrogens is 273 g/mol. The molecular formula is C12H17F3N4O. The molecule has 5 nitrogen and oxygen atoms in total. The summed E-state index contributed by atoms with van der Waals surface area (Å²) in [5.41, 5.74) is -0.950. The molecule has 0 bridgehead atoms. The fraction of sp³-hybridized carbons (Fsp3) is 0.667. The molecule has 0 unspecified atom stereocenters. The molecule has 1 fully saturated rings. The van der Waals surface area contributed by atoms with Gasteiger partial charge in [0.15, 0.2) is 5.69 Å². The van der Waals surface area contributed by atoms with Crippen molar-refractivity contribution in [2.24, 2.45) is 0 Å². The van der Waals surface area contributed by atoms with Crippen LogP contribution in [0.15, 0.2) is 6.07 Å². The van der Waals surface area contributed by atoms with Crippen molar-refractivity contribution in [2.45, 2.75) is 38.1 Å². The quantitative estimate of drug-likeness (QED) is 0.872. The smallest absolute Gasteiger partial charge is 0.381 e. The number of halogens is 3. The summed E-state index contributed by atoms with van der Waals surface area (Å²) in [6.07, 6.45) is -2.79. The predicted molar refractivity (Wildman–Crippen MR) is 68.6 cm³/mol. The van der Waals surface area contributed by atoms with Crippen molar-refractivity contribution in [1.82, 2.24) is 9.97 Å². The topological polar surface area (TPSA) is 59.1 Å². The Hall–Kier alpha value is -1.57. The van der Waals surface area contributed by atoms with Crippen LogP contribution in [-0.4, -0.2) is 35.8 Å². The van der Waals surface area contributed by atoms with E-state index in [9.17, 15) is 13.2 Å². The van der Waals surface area contributed by atoms with Crippen LogP contribution < -0.4 is 10.6 Å². The zero-order valence-corrected chi connectivity index (χ0v) is 11.3. The normalized spacial score (nSPS) is 22.2. The fourth-order valence-electron chi connectivity index (χ4n) is 1.99. The van der Waals surface area contributed by atoms with Gasteiger partial charge in [0.2, 0.25) is 5.95 Å². The molecule has 1 aliphatic carbocycles. The number of rotatable bonds is 5. The Bertz CT molecular complexity index is 461. The lowest BCUT2D eigenvalue weighted by molar-refractivity contribution is -0.141. The highest BCUT2D eigenvalue weighted by Crippen LogP contribution is 2.31. The zero-order chi connectivity index (χ0) is 14.8. The van der Waals surface area contributed by atoms with E-state index in [1.165, 1.54) is 0 Å². The second-order valence-corrected chi connectivity index (χ2v) is 4.66. The van der Waals surface area contributed by atoms with E-state index in [-0.39, 0.29) is 23.9 Å². The summed E-state index contributed by atoms with van der Waals surface area (Å²) >= 11 is 0. The SMILES string of the molecule is CCNc1nc(NC2CC(OC)C2)cc(C(F)(F)F)n1. The van der Waals surface area contributed by atoms with Gasteiger partial charge in [-0.1, -0.05) is 0 Å². The number of anilines is 2. The van der Waals surface area contributed by atoms with Gasteiger partial charge in [-0.15, -0.1) is 0 Å². The molecule has 1 aromatic heterocycles. The average molecular weight is 290 g/mol. The Morgan fingerprint density at radius 1 is 1.35 bits per heavy atom. The highest BCUT2D eigenvalue weighted by atomic mass is 19.4. The van der Waals surface area contributed by atoms with Crippen LogP contribution in [0.4, 0.5) is 24.9 Å². The van der Waals surface area contributed by atoms with E-state index >= 15 is 0 Å². The van der Waals surface area contributed by atoms with Crippen LogP contribution in [0.5, 0.6) is 0 Å². The van der Waals surface area contributed by atoms with Gasteiger partial charge >= 0.3 is 6.18 Å². The third-order valence-electron chi connectivity index (χ3n) is 3.13. The minimum atomic E-state index is -4.49. The summed E-state index contributed by atoms with van der Waals surface area (Å²) in [5.74, 6) is 0.162. The molecule has 112 valence electrons. The Labute approximate surface area is 114 Å². The molecule has 2 N–H and O–H groups in total. The molecule has 20 heavy (non-hydrogen) atoms. The molecule has 1 saturated carbocycles. The van der Waals surface area contributed by atoms with Crippen molar-refractivity contribution in [2.75, 3.05) is 24.3 Å². The van der Waals surface area contributed by atoms with Crippen molar-refractivity contribution in [3.63, 3.8) is 0 Å². The molecule has 0 spiro atoms. The Morgan fingerprint density at radius 2 is 2.05 bits per heavy atom. The van der Waals surface area contributed by atoms with E-state index in [2.05, 4.69) is 20.6 Å². The lowest BCUT2D eigenvalue weighted by Crippen LogP contribution is -2.40. The van der Waals surface area contributed by atoms with Crippen molar-refractivity contribution < 1.29 is 17.9 Å². The van der Waals surface area contributed by atoms with Gasteiger partial charge in [0.25, 0.3) is 0 Å². The first kappa shape index (κ1) is 14.8. The molecule has 0 aromatic carbocycles. The lowest BCUT2D eigenvalue weighted by atomic mass is 9.89. The molecule has 0 aliphatic heterocycles. The summed E-state index contributed by atoms with van der Waals surface area (Å²) in [4.78, 5) is 7.50. The number of alkyl halides is 3. The summed E-state index contributed by atoms with van der Waals surface area (Å²) in [7, 11) is 1.62. The Balaban J connectivity index is 2.13. The number of hydrogen-bond acceptors (Lipinski definition) is 5. The van der Waals surface area contributed by atoms with Gasteiger partial charge in [0.1, 0.15) is 5.82 Å². The average Bonchev–Trinajstić information content (AvgIpc) is 2.32. The van der Waals surface area contributed by atoms with Gasteiger partial charge in [-0.25, -0.2) is 4.98 Å². The maximum Gasteiger partial charge on any atom is 0.433 e. The highest BCUT2D eigenvalue weighted by Gasteiger charge is 2.35. The monoisotopic (exact) mass is 290 g/mol. The van der Waals surface area contributed by atoms with E-state index < -0.39 is 11.9 Å². The van der Waals surface area contributed by atoms with Crippen LogP contribution in [0.25, 0.3) is 0 Å². The molecule has 1 aromatic rings. The minimum Gasteiger partial charge on any atom is -0.381 e. The number of nitrogens with one attached hydrogen (secondary N) is 2.